The van der Waals surface area contributed by atoms with Crippen molar-refractivity contribution in [1.29, 1.82) is 0 Å². The Labute approximate surface area is 166 Å². The van der Waals surface area contributed by atoms with Crippen LogP contribution >= 0.6 is 24.0 Å². The highest BCUT2D eigenvalue weighted by atomic mass is 32.2. The fourth-order valence-corrected chi connectivity index (χ4v) is 3.76. The summed E-state index contributed by atoms with van der Waals surface area (Å²) in [5, 5.41) is 2.81. The van der Waals surface area contributed by atoms with E-state index in [1.54, 1.807) is 30.3 Å². The van der Waals surface area contributed by atoms with Gasteiger partial charge in [0.15, 0.2) is 0 Å². The van der Waals surface area contributed by atoms with E-state index < -0.39 is 0 Å². The van der Waals surface area contributed by atoms with Gasteiger partial charge in [0, 0.05) is 19.0 Å². The number of rotatable bonds is 7. The van der Waals surface area contributed by atoms with E-state index in [1.165, 1.54) is 22.9 Å². The molecule has 2 amide bonds. The third-order valence-corrected chi connectivity index (χ3v) is 5.09. The van der Waals surface area contributed by atoms with Crippen LogP contribution in [0, 0.1) is 0 Å². The van der Waals surface area contributed by atoms with E-state index in [-0.39, 0.29) is 24.8 Å². The van der Waals surface area contributed by atoms with Crippen molar-refractivity contribution in [1.82, 2.24) is 4.90 Å². The standard InChI is InChI=1S/C19H18N2O4S2/c1-2-24-15-8-4-3-7-14(15)20-17(22)9-10-21-18(23)16(27-19(21)26)12-13-6-5-11-25-13/h3-8,11-12H,2,9-10H2,1H3,(H,20,22)/b16-12+. The number of thiocarbonyl (C=S) groups is 1. The quantitative estimate of drug-likeness (QED) is 0.559. The zero-order chi connectivity index (χ0) is 19.2. The molecular formula is C19H18N2O4S2. The van der Waals surface area contributed by atoms with Crippen molar-refractivity contribution >= 4 is 51.9 Å². The molecule has 2 heterocycles. The summed E-state index contributed by atoms with van der Waals surface area (Å²) in [4.78, 5) is 26.7. The van der Waals surface area contributed by atoms with Gasteiger partial charge in [-0.15, -0.1) is 0 Å². The van der Waals surface area contributed by atoms with Crippen LogP contribution in [0.1, 0.15) is 19.1 Å². The summed E-state index contributed by atoms with van der Waals surface area (Å²) in [6, 6.07) is 10.7. The van der Waals surface area contributed by atoms with Gasteiger partial charge in [-0.2, -0.15) is 0 Å². The highest BCUT2D eigenvalue weighted by Gasteiger charge is 2.32. The lowest BCUT2D eigenvalue weighted by molar-refractivity contribution is -0.122. The third-order valence-electron chi connectivity index (χ3n) is 3.71. The number of benzene rings is 1. The molecule has 0 saturated carbocycles. The second kappa shape index (κ2) is 8.88. The van der Waals surface area contributed by atoms with Crippen LogP contribution in [0.25, 0.3) is 6.08 Å². The van der Waals surface area contributed by atoms with Crippen LogP contribution in [-0.2, 0) is 9.59 Å². The third kappa shape index (κ3) is 4.78. The number of ether oxygens (including phenoxy) is 1. The molecule has 0 atom stereocenters. The topological polar surface area (TPSA) is 71.8 Å². The van der Waals surface area contributed by atoms with E-state index in [2.05, 4.69) is 5.32 Å². The van der Waals surface area contributed by atoms with Crippen LogP contribution in [-0.4, -0.2) is 34.2 Å². The molecular weight excluding hydrogens is 384 g/mol. The number of carbonyl (C=O) groups is 2. The van der Waals surface area contributed by atoms with Crippen LogP contribution in [0.3, 0.4) is 0 Å². The van der Waals surface area contributed by atoms with Gasteiger partial charge < -0.3 is 14.5 Å². The summed E-state index contributed by atoms with van der Waals surface area (Å²) in [6.45, 7) is 2.60. The van der Waals surface area contributed by atoms with Gasteiger partial charge in [0.05, 0.1) is 23.5 Å². The van der Waals surface area contributed by atoms with E-state index in [9.17, 15) is 9.59 Å². The Kier molecular flexibility index (Phi) is 6.31. The van der Waals surface area contributed by atoms with E-state index >= 15 is 0 Å². The van der Waals surface area contributed by atoms with Crippen LogP contribution in [0.5, 0.6) is 5.75 Å². The molecule has 27 heavy (non-hydrogen) atoms. The largest absolute Gasteiger partial charge is 0.492 e. The summed E-state index contributed by atoms with van der Waals surface area (Å²) < 4.78 is 11.2. The Hall–Kier alpha value is -2.58. The zero-order valence-electron chi connectivity index (χ0n) is 14.6. The Bertz CT molecular complexity index is 878. The normalized spacial score (nSPS) is 15.4. The molecule has 8 heteroatoms. The summed E-state index contributed by atoms with van der Waals surface area (Å²) in [7, 11) is 0. The number of para-hydroxylation sites is 2. The van der Waals surface area contributed by atoms with Gasteiger partial charge in [-0.25, -0.2) is 0 Å². The second-order valence-corrected chi connectivity index (χ2v) is 7.25. The number of nitrogens with one attached hydrogen (secondary N) is 1. The van der Waals surface area contributed by atoms with Crippen LogP contribution < -0.4 is 10.1 Å². The molecule has 1 saturated heterocycles. The van der Waals surface area contributed by atoms with Gasteiger partial charge in [0.2, 0.25) is 5.91 Å². The monoisotopic (exact) mass is 402 g/mol. The Morgan fingerprint density at radius 2 is 2.15 bits per heavy atom. The minimum absolute atomic E-state index is 0.126. The molecule has 1 aromatic heterocycles. The molecule has 3 rings (SSSR count). The fourth-order valence-electron chi connectivity index (χ4n) is 2.47. The lowest BCUT2D eigenvalue weighted by Crippen LogP contribution is -2.31. The molecule has 0 unspecified atom stereocenters. The molecule has 1 aromatic carbocycles. The lowest BCUT2D eigenvalue weighted by Gasteiger charge is -2.15. The minimum atomic E-state index is -0.219. The van der Waals surface area contributed by atoms with Gasteiger partial charge in [0.25, 0.3) is 5.91 Å². The average Bonchev–Trinajstić information content (AvgIpc) is 3.24. The summed E-state index contributed by atoms with van der Waals surface area (Å²) in [5.74, 6) is 0.760. The molecule has 0 aliphatic carbocycles. The van der Waals surface area contributed by atoms with Crippen molar-refractivity contribution in [2.24, 2.45) is 0 Å². The molecule has 1 aliphatic rings. The number of hydrogen-bond acceptors (Lipinski definition) is 6. The number of anilines is 1. The van der Waals surface area contributed by atoms with E-state index in [0.717, 1.165) is 0 Å². The molecule has 2 aromatic rings. The molecule has 0 radical (unpaired) electrons. The van der Waals surface area contributed by atoms with Crippen molar-refractivity contribution in [3.05, 3.63) is 53.3 Å². The summed E-state index contributed by atoms with van der Waals surface area (Å²) >= 11 is 6.47. The van der Waals surface area contributed by atoms with Crippen molar-refractivity contribution in [2.45, 2.75) is 13.3 Å². The molecule has 0 spiro atoms. The first-order valence-corrected chi connectivity index (χ1v) is 9.61. The van der Waals surface area contributed by atoms with Crippen molar-refractivity contribution in [3.8, 4) is 5.75 Å². The van der Waals surface area contributed by atoms with Crippen LogP contribution in [0.15, 0.2) is 52.0 Å². The van der Waals surface area contributed by atoms with Crippen molar-refractivity contribution < 1.29 is 18.7 Å². The van der Waals surface area contributed by atoms with Gasteiger partial charge >= 0.3 is 0 Å². The first-order valence-electron chi connectivity index (χ1n) is 8.39. The maximum Gasteiger partial charge on any atom is 0.266 e. The van der Waals surface area contributed by atoms with Gasteiger partial charge in [-0.1, -0.05) is 36.1 Å². The number of hydrogen-bond donors (Lipinski definition) is 1. The van der Waals surface area contributed by atoms with Gasteiger partial charge in [-0.3, -0.25) is 14.5 Å². The van der Waals surface area contributed by atoms with E-state index in [0.29, 0.717) is 33.0 Å². The highest BCUT2D eigenvalue weighted by Crippen LogP contribution is 2.32. The Morgan fingerprint density at radius 3 is 2.89 bits per heavy atom. The van der Waals surface area contributed by atoms with Crippen molar-refractivity contribution in [2.75, 3.05) is 18.5 Å². The maximum atomic E-state index is 12.5. The number of furan rings is 1. The summed E-state index contributed by atoms with van der Waals surface area (Å²) in [6.07, 6.45) is 3.32. The smallest absolute Gasteiger partial charge is 0.266 e. The van der Waals surface area contributed by atoms with Gasteiger partial charge in [0.1, 0.15) is 15.8 Å². The lowest BCUT2D eigenvalue weighted by atomic mass is 10.2. The van der Waals surface area contributed by atoms with Gasteiger partial charge in [-0.05, 0) is 31.2 Å². The zero-order valence-corrected chi connectivity index (χ0v) is 16.3. The number of amides is 2. The average molecular weight is 402 g/mol. The molecule has 6 nitrogen and oxygen atoms in total. The first kappa shape index (κ1) is 19.2. The molecule has 1 fully saturated rings. The van der Waals surface area contributed by atoms with Crippen LogP contribution in [0.4, 0.5) is 5.69 Å². The SMILES string of the molecule is CCOc1ccccc1NC(=O)CCN1C(=O)/C(=C\c2ccco2)SC1=S. The molecule has 1 aliphatic heterocycles. The van der Waals surface area contributed by atoms with E-state index in [4.69, 9.17) is 21.4 Å². The number of carbonyl (C=O) groups excluding carboxylic acids is 2. The predicted molar refractivity (Wildman–Crippen MR) is 109 cm³/mol. The van der Waals surface area contributed by atoms with E-state index in [1.807, 2.05) is 19.1 Å². The molecule has 140 valence electrons. The number of thioether (sulfide) groups is 1. The molecule has 0 bridgehead atoms. The first-order chi connectivity index (χ1) is 13.1. The Balaban J connectivity index is 1.59. The fraction of sp³-hybridized carbons (Fsp3) is 0.211. The predicted octanol–water partition coefficient (Wildman–Crippen LogP) is 3.91. The second-order valence-electron chi connectivity index (χ2n) is 5.58. The highest BCUT2D eigenvalue weighted by molar-refractivity contribution is 8.26. The number of nitrogens with zero attached hydrogens (tertiary/aromatic N) is 1. The molecule has 1 N–H and O–H groups in total. The minimum Gasteiger partial charge on any atom is -0.492 e. The summed E-state index contributed by atoms with van der Waals surface area (Å²) in [5.41, 5.74) is 0.604. The maximum absolute atomic E-state index is 12.5. The van der Waals surface area contributed by atoms with Crippen molar-refractivity contribution in [3.63, 3.8) is 0 Å². The van der Waals surface area contributed by atoms with Crippen LogP contribution in [0.2, 0.25) is 0 Å². The Morgan fingerprint density at radius 1 is 1.33 bits per heavy atom.